The number of piperidine rings is 1. The fourth-order valence-corrected chi connectivity index (χ4v) is 2.01. The molecular formula is C11H20N2O3. The van der Waals surface area contributed by atoms with Crippen molar-refractivity contribution < 1.29 is 14.7 Å². The molecule has 1 fully saturated rings. The number of nitrogens with two attached hydrogens (primary N) is 1. The van der Waals surface area contributed by atoms with Crippen molar-refractivity contribution in [1.29, 1.82) is 0 Å². The summed E-state index contributed by atoms with van der Waals surface area (Å²) >= 11 is 0. The zero-order valence-corrected chi connectivity index (χ0v) is 9.90. The minimum absolute atomic E-state index is 0.245. The molecule has 5 nitrogen and oxygen atoms in total. The van der Waals surface area contributed by atoms with Crippen LogP contribution in [-0.4, -0.2) is 40.5 Å². The molecule has 0 radical (unpaired) electrons. The van der Waals surface area contributed by atoms with Crippen molar-refractivity contribution in [3.63, 3.8) is 0 Å². The largest absolute Gasteiger partial charge is 0.381 e. The van der Waals surface area contributed by atoms with Crippen LogP contribution in [0, 0.1) is 5.92 Å². The van der Waals surface area contributed by atoms with E-state index in [0.717, 1.165) is 12.8 Å². The number of carbonyl (C=O) groups excluding carboxylic acids is 2. The first-order valence-electron chi connectivity index (χ1n) is 5.60. The summed E-state index contributed by atoms with van der Waals surface area (Å²) in [6.45, 7) is 4.18. The number of hydrogen-bond donors (Lipinski definition) is 2. The maximum Gasteiger partial charge on any atom is 0.253 e. The first kappa shape index (κ1) is 13.0. The Morgan fingerprint density at radius 1 is 1.38 bits per heavy atom. The third kappa shape index (κ3) is 3.48. The van der Waals surface area contributed by atoms with Crippen LogP contribution in [0.1, 0.15) is 33.1 Å². The van der Waals surface area contributed by atoms with Gasteiger partial charge in [-0.1, -0.05) is 0 Å². The van der Waals surface area contributed by atoms with Crippen molar-refractivity contribution in [1.82, 2.24) is 4.90 Å². The highest BCUT2D eigenvalue weighted by atomic mass is 16.3. The molecule has 0 aromatic rings. The molecule has 0 unspecified atom stereocenters. The van der Waals surface area contributed by atoms with Crippen molar-refractivity contribution in [3.8, 4) is 0 Å². The van der Waals surface area contributed by atoms with Gasteiger partial charge in [-0.2, -0.15) is 0 Å². The van der Waals surface area contributed by atoms with Gasteiger partial charge in [0.15, 0.2) is 0 Å². The van der Waals surface area contributed by atoms with E-state index < -0.39 is 5.60 Å². The van der Waals surface area contributed by atoms with Gasteiger partial charge in [0.2, 0.25) is 5.91 Å². The standard InChI is InChI=1S/C11H20N2O3/c1-11(2,16)10(15)13-5-3-8(4-6-13)7-9(12)14/h8,16H,3-7H2,1-2H3,(H2,12,14). The van der Waals surface area contributed by atoms with Crippen LogP contribution in [0.2, 0.25) is 0 Å². The average Bonchev–Trinajstić information content (AvgIpc) is 2.15. The van der Waals surface area contributed by atoms with Crippen LogP contribution in [-0.2, 0) is 9.59 Å². The smallest absolute Gasteiger partial charge is 0.253 e. The molecule has 0 saturated carbocycles. The molecule has 0 bridgehead atoms. The predicted molar refractivity (Wildman–Crippen MR) is 59.4 cm³/mol. The Hall–Kier alpha value is -1.10. The fourth-order valence-electron chi connectivity index (χ4n) is 2.01. The zero-order chi connectivity index (χ0) is 12.3. The molecule has 3 N–H and O–H groups in total. The number of likely N-dealkylation sites (tertiary alicyclic amines) is 1. The molecule has 2 amide bonds. The van der Waals surface area contributed by atoms with Crippen LogP contribution in [0.3, 0.4) is 0 Å². The molecule has 0 aliphatic carbocycles. The molecule has 0 aromatic carbocycles. The maximum absolute atomic E-state index is 11.7. The second-order valence-electron chi connectivity index (χ2n) is 4.97. The molecule has 1 aliphatic rings. The lowest BCUT2D eigenvalue weighted by atomic mass is 9.92. The molecule has 16 heavy (non-hydrogen) atoms. The van der Waals surface area contributed by atoms with Crippen molar-refractivity contribution in [3.05, 3.63) is 0 Å². The number of hydrogen-bond acceptors (Lipinski definition) is 3. The van der Waals surface area contributed by atoms with Crippen LogP contribution in [0.25, 0.3) is 0 Å². The lowest BCUT2D eigenvalue weighted by Gasteiger charge is -2.34. The predicted octanol–water partition coefficient (Wildman–Crippen LogP) is -0.129. The van der Waals surface area contributed by atoms with Crippen LogP contribution >= 0.6 is 0 Å². The molecule has 1 rings (SSSR count). The second-order valence-corrected chi connectivity index (χ2v) is 4.97. The lowest BCUT2D eigenvalue weighted by molar-refractivity contribution is -0.149. The van der Waals surface area contributed by atoms with Gasteiger partial charge < -0.3 is 15.7 Å². The normalized spacial score (nSPS) is 18.6. The van der Waals surface area contributed by atoms with E-state index in [9.17, 15) is 14.7 Å². The highest BCUT2D eigenvalue weighted by Gasteiger charge is 2.32. The summed E-state index contributed by atoms with van der Waals surface area (Å²) in [4.78, 5) is 24.1. The van der Waals surface area contributed by atoms with E-state index in [1.54, 1.807) is 4.90 Å². The van der Waals surface area contributed by atoms with Gasteiger partial charge in [0.25, 0.3) is 5.91 Å². The molecule has 1 aliphatic heterocycles. The number of aliphatic hydroxyl groups is 1. The molecular weight excluding hydrogens is 208 g/mol. The van der Waals surface area contributed by atoms with E-state index in [2.05, 4.69) is 0 Å². The molecule has 0 spiro atoms. The first-order valence-corrected chi connectivity index (χ1v) is 5.60. The minimum Gasteiger partial charge on any atom is -0.381 e. The fraction of sp³-hybridized carbons (Fsp3) is 0.818. The van der Waals surface area contributed by atoms with Gasteiger partial charge in [0.05, 0.1) is 0 Å². The number of nitrogens with zero attached hydrogens (tertiary/aromatic N) is 1. The number of amides is 2. The topological polar surface area (TPSA) is 83.6 Å². The highest BCUT2D eigenvalue weighted by Crippen LogP contribution is 2.22. The van der Waals surface area contributed by atoms with Gasteiger partial charge in [-0.3, -0.25) is 9.59 Å². The van der Waals surface area contributed by atoms with E-state index >= 15 is 0 Å². The molecule has 5 heteroatoms. The van der Waals surface area contributed by atoms with Crippen molar-refractivity contribution >= 4 is 11.8 Å². The summed E-state index contributed by atoms with van der Waals surface area (Å²) in [5.74, 6) is -0.249. The average molecular weight is 228 g/mol. The van der Waals surface area contributed by atoms with E-state index in [4.69, 9.17) is 5.73 Å². The number of carbonyl (C=O) groups is 2. The summed E-state index contributed by atoms with van der Waals surface area (Å²) < 4.78 is 0. The Morgan fingerprint density at radius 2 is 1.88 bits per heavy atom. The summed E-state index contributed by atoms with van der Waals surface area (Å²) in [7, 11) is 0. The molecule has 1 saturated heterocycles. The lowest BCUT2D eigenvalue weighted by Crippen LogP contribution is -2.48. The highest BCUT2D eigenvalue weighted by molar-refractivity contribution is 5.84. The second kappa shape index (κ2) is 4.82. The Balaban J connectivity index is 2.43. The Morgan fingerprint density at radius 3 is 2.25 bits per heavy atom. The third-order valence-corrected chi connectivity index (χ3v) is 2.91. The van der Waals surface area contributed by atoms with Crippen LogP contribution in [0.5, 0.6) is 0 Å². The number of rotatable bonds is 3. The SMILES string of the molecule is CC(C)(O)C(=O)N1CCC(CC(N)=O)CC1. The molecule has 0 atom stereocenters. The summed E-state index contributed by atoms with van der Waals surface area (Å²) in [5, 5.41) is 9.58. The summed E-state index contributed by atoms with van der Waals surface area (Å²) in [6, 6.07) is 0. The van der Waals surface area contributed by atoms with Gasteiger partial charge in [0.1, 0.15) is 5.60 Å². The van der Waals surface area contributed by atoms with Crippen LogP contribution < -0.4 is 5.73 Å². The Bertz CT molecular complexity index is 275. The number of primary amides is 1. The van der Waals surface area contributed by atoms with Gasteiger partial charge in [0, 0.05) is 19.5 Å². The zero-order valence-electron chi connectivity index (χ0n) is 9.90. The Labute approximate surface area is 95.6 Å². The van der Waals surface area contributed by atoms with Crippen LogP contribution in [0.4, 0.5) is 0 Å². The Kier molecular flexibility index (Phi) is 3.91. The van der Waals surface area contributed by atoms with Gasteiger partial charge in [-0.05, 0) is 32.6 Å². The summed E-state index contributed by atoms with van der Waals surface area (Å²) in [5.41, 5.74) is 3.82. The van der Waals surface area contributed by atoms with Gasteiger partial charge >= 0.3 is 0 Å². The third-order valence-electron chi connectivity index (χ3n) is 2.91. The summed E-state index contributed by atoms with van der Waals surface area (Å²) in [6.07, 6.45) is 1.96. The quantitative estimate of drug-likeness (QED) is 0.706. The van der Waals surface area contributed by atoms with E-state index in [0.29, 0.717) is 19.5 Å². The van der Waals surface area contributed by atoms with E-state index in [1.807, 2.05) is 0 Å². The molecule has 0 aromatic heterocycles. The maximum atomic E-state index is 11.7. The monoisotopic (exact) mass is 228 g/mol. The first-order chi connectivity index (χ1) is 7.30. The van der Waals surface area contributed by atoms with Crippen molar-refractivity contribution in [2.24, 2.45) is 11.7 Å². The van der Waals surface area contributed by atoms with Crippen molar-refractivity contribution in [2.75, 3.05) is 13.1 Å². The minimum atomic E-state index is -1.31. The van der Waals surface area contributed by atoms with E-state index in [-0.39, 0.29) is 17.7 Å². The van der Waals surface area contributed by atoms with Crippen molar-refractivity contribution in [2.45, 2.75) is 38.7 Å². The van der Waals surface area contributed by atoms with Crippen LogP contribution in [0.15, 0.2) is 0 Å². The molecule has 92 valence electrons. The van der Waals surface area contributed by atoms with Gasteiger partial charge in [-0.25, -0.2) is 0 Å². The molecule has 1 heterocycles. The van der Waals surface area contributed by atoms with Gasteiger partial charge in [-0.15, -0.1) is 0 Å². The van der Waals surface area contributed by atoms with E-state index in [1.165, 1.54) is 13.8 Å².